The van der Waals surface area contributed by atoms with Crippen molar-refractivity contribution in [3.05, 3.63) is 65.2 Å². The Bertz CT molecular complexity index is 935. The van der Waals surface area contributed by atoms with E-state index in [0.717, 1.165) is 24.3 Å². The standard InChI is InChI=1S/C22H24F3NO7/c1-11(26-20(31)13-2-6-14(7-3-13)22(23,24)25)12-4-8-15(9-5-12)32-21-19(30)18(29)17(28)16(10-27)33-21/h2-9,11,16-19,21,27-30H,10H2,1H3,(H,26,31)/t11-,16?,17?,18?,19?,21?/m0/s1. The van der Waals surface area contributed by atoms with Crippen molar-refractivity contribution in [1.29, 1.82) is 0 Å². The molecule has 0 spiro atoms. The van der Waals surface area contributed by atoms with E-state index in [1.807, 2.05) is 0 Å². The predicted molar refractivity (Wildman–Crippen MR) is 108 cm³/mol. The molecule has 1 saturated heterocycles. The zero-order chi connectivity index (χ0) is 24.3. The van der Waals surface area contributed by atoms with Crippen molar-refractivity contribution in [3.63, 3.8) is 0 Å². The summed E-state index contributed by atoms with van der Waals surface area (Å²) in [5.41, 5.74) is -0.101. The minimum absolute atomic E-state index is 0.0809. The number of alkyl halides is 3. The summed E-state index contributed by atoms with van der Waals surface area (Å²) in [6, 6.07) is 9.68. The maximum absolute atomic E-state index is 12.7. The average molecular weight is 471 g/mol. The largest absolute Gasteiger partial charge is 0.462 e. The second kappa shape index (κ2) is 10.1. The zero-order valence-corrected chi connectivity index (χ0v) is 17.4. The number of rotatable bonds is 6. The molecule has 1 amide bonds. The number of benzene rings is 2. The fourth-order valence-electron chi connectivity index (χ4n) is 3.31. The van der Waals surface area contributed by atoms with Crippen molar-refractivity contribution in [2.24, 2.45) is 0 Å². The number of ether oxygens (including phenoxy) is 2. The minimum atomic E-state index is -4.48. The summed E-state index contributed by atoms with van der Waals surface area (Å²) in [6.45, 7) is 1.11. The molecule has 1 aliphatic rings. The number of halogens is 3. The Kier molecular flexibility index (Phi) is 7.60. The normalized spacial score (nSPS) is 26.5. The Labute approximate surface area is 187 Å². The molecular weight excluding hydrogens is 447 g/mol. The van der Waals surface area contributed by atoms with Crippen LogP contribution in [0.5, 0.6) is 5.75 Å². The van der Waals surface area contributed by atoms with Crippen molar-refractivity contribution in [1.82, 2.24) is 5.32 Å². The summed E-state index contributed by atoms with van der Waals surface area (Å²) in [5.74, 6) is -0.290. The predicted octanol–water partition coefficient (Wildman–Crippen LogP) is 1.38. The van der Waals surface area contributed by atoms with E-state index in [4.69, 9.17) is 9.47 Å². The number of carbonyl (C=O) groups excluding carboxylic acids is 1. The molecule has 11 heteroatoms. The first-order valence-corrected chi connectivity index (χ1v) is 10.1. The Morgan fingerprint density at radius 3 is 2.18 bits per heavy atom. The van der Waals surface area contributed by atoms with E-state index in [1.165, 1.54) is 12.1 Å². The highest BCUT2D eigenvalue weighted by molar-refractivity contribution is 5.94. The Morgan fingerprint density at radius 2 is 1.64 bits per heavy atom. The average Bonchev–Trinajstić information content (AvgIpc) is 2.79. The Balaban J connectivity index is 1.61. The van der Waals surface area contributed by atoms with Gasteiger partial charge in [-0.1, -0.05) is 12.1 Å². The van der Waals surface area contributed by atoms with Crippen LogP contribution in [0.1, 0.15) is 34.5 Å². The van der Waals surface area contributed by atoms with E-state index < -0.39 is 61.0 Å². The molecule has 1 heterocycles. The summed E-state index contributed by atoms with van der Waals surface area (Å²) in [6.07, 6.45) is -11.5. The van der Waals surface area contributed by atoms with Gasteiger partial charge in [-0.2, -0.15) is 13.2 Å². The van der Waals surface area contributed by atoms with Gasteiger partial charge in [-0.25, -0.2) is 0 Å². The number of hydrogen-bond donors (Lipinski definition) is 5. The molecule has 0 aliphatic carbocycles. The van der Waals surface area contributed by atoms with Crippen LogP contribution in [-0.2, 0) is 10.9 Å². The Morgan fingerprint density at radius 1 is 1.03 bits per heavy atom. The van der Waals surface area contributed by atoms with E-state index in [9.17, 15) is 38.4 Å². The first kappa shape index (κ1) is 24.9. The molecule has 2 aromatic rings. The molecule has 0 radical (unpaired) electrons. The maximum atomic E-state index is 12.7. The summed E-state index contributed by atoms with van der Waals surface area (Å²) >= 11 is 0. The fraction of sp³-hybridized carbons (Fsp3) is 0.409. The van der Waals surface area contributed by atoms with Gasteiger partial charge in [0.05, 0.1) is 18.2 Å². The lowest BCUT2D eigenvalue weighted by molar-refractivity contribution is -0.277. The number of carbonyl (C=O) groups is 1. The summed E-state index contributed by atoms with van der Waals surface area (Å²) in [7, 11) is 0. The molecule has 3 rings (SSSR count). The molecule has 0 bridgehead atoms. The molecule has 0 saturated carbocycles. The molecule has 0 aromatic heterocycles. The van der Waals surface area contributed by atoms with Crippen LogP contribution in [0, 0.1) is 0 Å². The lowest BCUT2D eigenvalue weighted by Gasteiger charge is -2.39. The van der Waals surface area contributed by atoms with Crippen LogP contribution in [-0.4, -0.2) is 63.6 Å². The van der Waals surface area contributed by atoms with Gasteiger partial charge in [0.2, 0.25) is 6.29 Å². The van der Waals surface area contributed by atoms with E-state index in [0.29, 0.717) is 5.56 Å². The van der Waals surface area contributed by atoms with Gasteiger partial charge in [0, 0.05) is 5.56 Å². The second-order valence-corrected chi connectivity index (χ2v) is 7.65. The third-order valence-electron chi connectivity index (χ3n) is 5.30. The van der Waals surface area contributed by atoms with Crippen molar-refractivity contribution in [2.75, 3.05) is 6.61 Å². The van der Waals surface area contributed by atoms with Crippen LogP contribution < -0.4 is 10.1 Å². The van der Waals surface area contributed by atoms with Crippen LogP contribution in [0.3, 0.4) is 0 Å². The molecule has 5 unspecified atom stereocenters. The number of aliphatic hydroxyl groups excluding tert-OH is 4. The SMILES string of the molecule is C[C@H](NC(=O)c1ccc(C(F)(F)F)cc1)c1ccc(OC2OC(CO)C(O)C(O)C2O)cc1. The van der Waals surface area contributed by atoms with Crippen LogP contribution in [0.25, 0.3) is 0 Å². The number of amides is 1. The maximum Gasteiger partial charge on any atom is 0.416 e. The van der Waals surface area contributed by atoms with Gasteiger partial charge < -0.3 is 35.2 Å². The molecule has 180 valence electrons. The number of nitrogens with one attached hydrogen (secondary N) is 1. The van der Waals surface area contributed by atoms with Crippen molar-refractivity contribution >= 4 is 5.91 Å². The quantitative estimate of drug-likeness (QED) is 0.431. The molecule has 1 fully saturated rings. The lowest BCUT2D eigenvalue weighted by atomic mass is 9.99. The van der Waals surface area contributed by atoms with Gasteiger partial charge in [-0.05, 0) is 48.9 Å². The highest BCUT2D eigenvalue weighted by Gasteiger charge is 2.44. The first-order chi connectivity index (χ1) is 15.5. The van der Waals surface area contributed by atoms with E-state index in [1.54, 1.807) is 19.1 Å². The molecule has 1 aliphatic heterocycles. The van der Waals surface area contributed by atoms with Gasteiger partial charge in [-0.3, -0.25) is 4.79 Å². The Hall–Kier alpha value is -2.70. The highest BCUT2D eigenvalue weighted by atomic mass is 19.4. The molecule has 6 atom stereocenters. The summed E-state index contributed by atoms with van der Waals surface area (Å²) in [4.78, 5) is 12.3. The van der Waals surface area contributed by atoms with Crippen LogP contribution in [0.15, 0.2) is 48.5 Å². The zero-order valence-electron chi connectivity index (χ0n) is 17.4. The van der Waals surface area contributed by atoms with Gasteiger partial charge in [0.1, 0.15) is 30.2 Å². The second-order valence-electron chi connectivity index (χ2n) is 7.65. The molecule has 33 heavy (non-hydrogen) atoms. The third kappa shape index (κ3) is 5.81. The molecule has 5 N–H and O–H groups in total. The van der Waals surface area contributed by atoms with Crippen LogP contribution in [0.2, 0.25) is 0 Å². The van der Waals surface area contributed by atoms with Gasteiger partial charge >= 0.3 is 6.18 Å². The van der Waals surface area contributed by atoms with E-state index in [2.05, 4.69) is 5.32 Å². The van der Waals surface area contributed by atoms with Crippen LogP contribution >= 0.6 is 0 Å². The van der Waals surface area contributed by atoms with Crippen molar-refractivity contribution in [2.45, 2.75) is 49.8 Å². The molecular formula is C22H24F3NO7. The third-order valence-corrected chi connectivity index (χ3v) is 5.30. The van der Waals surface area contributed by atoms with Gasteiger partial charge in [0.15, 0.2) is 0 Å². The highest BCUT2D eigenvalue weighted by Crippen LogP contribution is 2.29. The summed E-state index contributed by atoms with van der Waals surface area (Å²) in [5, 5.41) is 41.6. The number of hydrogen-bond acceptors (Lipinski definition) is 7. The van der Waals surface area contributed by atoms with Gasteiger partial charge in [0.25, 0.3) is 5.91 Å². The first-order valence-electron chi connectivity index (χ1n) is 10.1. The molecule has 8 nitrogen and oxygen atoms in total. The smallest absolute Gasteiger partial charge is 0.416 e. The van der Waals surface area contributed by atoms with Crippen molar-refractivity contribution in [3.8, 4) is 5.75 Å². The monoisotopic (exact) mass is 471 g/mol. The molecule has 2 aromatic carbocycles. The van der Waals surface area contributed by atoms with Crippen LogP contribution in [0.4, 0.5) is 13.2 Å². The van der Waals surface area contributed by atoms with Crippen molar-refractivity contribution < 1.29 is 47.9 Å². The minimum Gasteiger partial charge on any atom is -0.462 e. The summed E-state index contributed by atoms with van der Waals surface area (Å²) < 4.78 is 48.8. The lowest BCUT2D eigenvalue weighted by Crippen LogP contribution is -2.60. The topological polar surface area (TPSA) is 128 Å². The van der Waals surface area contributed by atoms with E-state index in [-0.39, 0.29) is 11.3 Å². The fourth-order valence-corrected chi connectivity index (χ4v) is 3.31. The van der Waals surface area contributed by atoms with E-state index >= 15 is 0 Å². The number of aliphatic hydroxyl groups is 4. The van der Waals surface area contributed by atoms with Gasteiger partial charge in [-0.15, -0.1) is 0 Å².